The van der Waals surface area contributed by atoms with Gasteiger partial charge >= 0.3 is 0 Å². The number of allylic oxidation sites excluding steroid dienone is 3. The Morgan fingerprint density at radius 3 is 3.10 bits per heavy atom. The lowest BCUT2D eigenvalue weighted by atomic mass is 10.2. The Bertz CT molecular complexity index is 232. The van der Waals surface area contributed by atoms with Crippen LogP contribution < -0.4 is 0 Å². The van der Waals surface area contributed by atoms with E-state index in [1.54, 1.807) is 12.5 Å². The van der Waals surface area contributed by atoms with Crippen molar-refractivity contribution < 1.29 is 0 Å². The maximum Gasteiger partial charge on any atom is 0.0924 e. The van der Waals surface area contributed by atoms with Gasteiger partial charge in [0, 0.05) is 0 Å². The minimum Gasteiger partial charge on any atom is -0.345 e. The van der Waals surface area contributed by atoms with Gasteiger partial charge in [0.1, 0.15) is 0 Å². The minimum atomic E-state index is 0.958. The van der Waals surface area contributed by atoms with Crippen LogP contribution >= 0.6 is 0 Å². The molecule has 10 heavy (non-hydrogen) atoms. The van der Waals surface area contributed by atoms with Gasteiger partial charge in [0.05, 0.1) is 18.2 Å². The SMILES string of the molecule is C=C(/C=C\C)c1cnc[nH]1. The van der Waals surface area contributed by atoms with Crippen molar-refractivity contribution >= 4 is 5.57 Å². The summed E-state index contributed by atoms with van der Waals surface area (Å²) < 4.78 is 0. The molecular formula is C8H10N2. The number of hydrogen-bond donors (Lipinski definition) is 1. The largest absolute Gasteiger partial charge is 0.345 e. The van der Waals surface area contributed by atoms with Crippen LogP contribution in [0.2, 0.25) is 0 Å². The Kier molecular flexibility index (Phi) is 2.05. The van der Waals surface area contributed by atoms with E-state index in [0.717, 1.165) is 11.3 Å². The highest BCUT2D eigenvalue weighted by Gasteiger charge is 1.92. The maximum absolute atomic E-state index is 3.88. The molecule has 0 aliphatic rings. The van der Waals surface area contributed by atoms with Crippen LogP contribution in [-0.4, -0.2) is 9.97 Å². The van der Waals surface area contributed by atoms with Crippen LogP contribution in [-0.2, 0) is 0 Å². The molecule has 0 radical (unpaired) electrons. The monoisotopic (exact) mass is 134 g/mol. The van der Waals surface area contributed by atoms with Crippen molar-refractivity contribution in [3.63, 3.8) is 0 Å². The minimum absolute atomic E-state index is 0.958. The highest BCUT2D eigenvalue weighted by molar-refractivity contribution is 5.68. The zero-order valence-electron chi connectivity index (χ0n) is 5.96. The van der Waals surface area contributed by atoms with Gasteiger partial charge in [-0.15, -0.1) is 0 Å². The maximum atomic E-state index is 3.88. The first-order chi connectivity index (χ1) is 4.84. The summed E-state index contributed by atoms with van der Waals surface area (Å²) in [6.07, 6.45) is 7.28. The third-order valence-electron chi connectivity index (χ3n) is 1.21. The number of aromatic amines is 1. The van der Waals surface area contributed by atoms with E-state index in [1.807, 2.05) is 19.1 Å². The first-order valence-corrected chi connectivity index (χ1v) is 3.15. The summed E-state index contributed by atoms with van der Waals surface area (Å²) in [7, 11) is 0. The molecule has 0 bridgehead atoms. The van der Waals surface area contributed by atoms with E-state index in [4.69, 9.17) is 0 Å². The van der Waals surface area contributed by atoms with Gasteiger partial charge in [-0.05, 0) is 12.5 Å². The molecule has 52 valence electrons. The average Bonchev–Trinajstić information content (AvgIpc) is 2.38. The summed E-state index contributed by atoms with van der Waals surface area (Å²) in [5, 5.41) is 0. The molecule has 0 fully saturated rings. The molecule has 2 heteroatoms. The van der Waals surface area contributed by atoms with Gasteiger partial charge in [-0.2, -0.15) is 0 Å². The topological polar surface area (TPSA) is 28.7 Å². The van der Waals surface area contributed by atoms with Gasteiger partial charge in [-0.3, -0.25) is 0 Å². The van der Waals surface area contributed by atoms with Crippen LogP contribution in [0.5, 0.6) is 0 Å². The van der Waals surface area contributed by atoms with Gasteiger partial charge in [-0.25, -0.2) is 4.98 Å². The standard InChI is InChI=1S/C8H10N2/c1-3-4-7(2)8-5-9-6-10-8/h3-6H,2H2,1H3,(H,9,10)/b4-3-. The molecule has 1 aromatic heterocycles. The van der Waals surface area contributed by atoms with Crippen molar-refractivity contribution in [3.05, 3.63) is 36.9 Å². The summed E-state index contributed by atoms with van der Waals surface area (Å²) in [5.41, 5.74) is 1.93. The highest BCUT2D eigenvalue weighted by Crippen LogP contribution is 2.07. The normalized spacial score (nSPS) is 10.5. The molecule has 0 aliphatic heterocycles. The molecule has 2 nitrogen and oxygen atoms in total. The zero-order valence-corrected chi connectivity index (χ0v) is 5.96. The molecule has 1 rings (SSSR count). The van der Waals surface area contributed by atoms with Gasteiger partial charge in [0.2, 0.25) is 0 Å². The van der Waals surface area contributed by atoms with E-state index in [-0.39, 0.29) is 0 Å². The average molecular weight is 134 g/mol. The van der Waals surface area contributed by atoms with Crippen molar-refractivity contribution in [1.29, 1.82) is 0 Å². The number of rotatable bonds is 2. The Hall–Kier alpha value is -1.31. The van der Waals surface area contributed by atoms with Crippen molar-refractivity contribution in [3.8, 4) is 0 Å². The third-order valence-corrected chi connectivity index (χ3v) is 1.21. The van der Waals surface area contributed by atoms with Gasteiger partial charge in [-0.1, -0.05) is 18.7 Å². The summed E-state index contributed by atoms with van der Waals surface area (Å²) in [5.74, 6) is 0. The fourth-order valence-electron chi connectivity index (χ4n) is 0.722. The quantitative estimate of drug-likeness (QED) is 0.616. The van der Waals surface area contributed by atoms with Gasteiger partial charge in [0.25, 0.3) is 0 Å². The first-order valence-electron chi connectivity index (χ1n) is 3.15. The van der Waals surface area contributed by atoms with Crippen molar-refractivity contribution in [1.82, 2.24) is 9.97 Å². The second-order valence-electron chi connectivity index (χ2n) is 1.99. The van der Waals surface area contributed by atoms with E-state index in [2.05, 4.69) is 16.5 Å². The van der Waals surface area contributed by atoms with Crippen molar-refractivity contribution in [2.24, 2.45) is 0 Å². The number of imidazole rings is 1. The fourth-order valence-corrected chi connectivity index (χ4v) is 0.722. The molecule has 0 spiro atoms. The molecule has 1 aromatic rings. The Balaban J connectivity index is 2.78. The molecule has 0 unspecified atom stereocenters. The number of H-pyrrole nitrogens is 1. The second-order valence-corrected chi connectivity index (χ2v) is 1.99. The fraction of sp³-hybridized carbons (Fsp3) is 0.125. The molecule has 0 saturated heterocycles. The van der Waals surface area contributed by atoms with E-state index >= 15 is 0 Å². The van der Waals surface area contributed by atoms with Crippen LogP contribution in [0, 0.1) is 0 Å². The number of hydrogen-bond acceptors (Lipinski definition) is 1. The second kappa shape index (κ2) is 3.01. The van der Waals surface area contributed by atoms with Gasteiger partial charge in [0.15, 0.2) is 0 Å². The van der Waals surface area contributed by atoms with Gasteiger partial charge < -0.3 is 4.98 Å². The summed E-state index contributed by atoms with van der Waals surface area (Å²) >= 11 is 0. The summed E-state index contributed by atoms with van der Waals surface area (Å²) in [4.78, 5) is 6.84. The van der Waals surface area contributed by atoms with E-state index < -0.39 is 0 Å². The summed E-state index contributed by atoms with van der Waals surface area (Å²) in [6.45, 7) is 5.79. The number of nitrogens with zero attached hydrogens (tertiary/aromatic N) is 1. The molecular weight excluding hydrogens is 124 g/mol. The Labute approximate surface area is 60.3 Å². The Morgan fingerprint density at radius 1 is 1.80 bits per heavy atom. The van der Waals surface area contributed by atoms with Crippen LogP contribution in [0.15, 0.2) is 31.3 Å². The molecule has 0 aliphatic carbocycles. The molecule has 0 aromatic carbocycles. The van der Waals surface area contributed by atoms with Crippen LogP contribution in [0.1, 0.15) is 12.6 Å². The molecule has 0 saturated carbocycles. The smallest absolute Gasteiger partial charge is 0.0924 e. The van der Waals surface area contributed by atoms with E-state index in [0.29, 0.717) is 0 Å². The molecule has 1 N–H and O–H groups in total. The van der Waals surface area contributed by atoms with Crippen molar-refractivity contribution in [2.75, 3.05) is 0 Å². The highest BCUT2D eigenvalue weighted by atomic mass is 14.9. The lowest BCUT2D eigenvalue weighted by molar-refractivity contribution is 1.30. The Morgan fingerprint density at radius 2 is 2.60 bits per heavy atom. The van der Waals surface area contributed by atoms with E-state index in [1.165, 1.54) is 0 Å². The van der Waals surface area contributed by atoms with Crippen LogP contribution in [0.3, 0.4) is 0 Å². The van der Waals surface area contributed by atoms with Crippen molar-refractivity contribution in [2.45, 2.75) is 6.92 Å². The number of aromatic nitrogens is 2. The van der Waals surface area contributed by atoms with Crippen LogP contribution in [0.4, 0.5) is 0 Å². The third kappa shape index (κ3) is 1.35. The summed E-state index contributed by atoms with van der Waals surface area (Å²) in [6, 6.07) is 0. The predicted octanol–water partition coefficient (Wildman–Crippen LogP) is 2.00. The van der Waals surface area contributed by atoms with Crippen LogP contribution in [0.25, 0.3) is 5.57 Å². The lowest BCUT2D eigenvalue weighted by Gasteiger charge is -1.90. The zero-order chi connectivity index (χ0) is 7.40. The van der Waals surface area contributed by atoms with E-state index in [9.17, 15) is 0 Å². The predicted molar refractivity (Wildman–Crippen MR) is 42.4 cm³/mol. The molecule has 1 heterocycles. The first kappa shape index (κ1) is 6.81. The molecule has 0 amide bonds. The molecule has 0 atom stereocenters. The number of nitrogens with one attached hydrogen (secondary N) is 1. The lowest BCUT2D eigenvalue weighted by Crippen LogP contribution is -1.75.